The highest BCUT2D eigenvalue weighted by atomic mass is 32.2. The number of benzene rings is 1. The molecule has 5 rings (SSSR count). The lowest BCUT2D eigenvalue weighted by Gasteiger charge is -2.39. The standard InChI is InChI=1S/C25H34N6O2S/c1-17-9-8-10-18(2)30(17)23(33)15-29-20-13-6-7-14-21(20)31-24(29)27-28-25(31)34-16-22(32)26-19-11-4-3-5-12-19/h6-7,13-14,17-19H,3-5,8-12,15-16H2,1-2H3,(H,26,32)/t17-,18-/m0/s1. The van der Waals surface area contributed by atoms with Crippen molar-refractivity contribution in [3.8, 4) is 0 Å². The Bertz CT molecular complexity index is 1170. The number of piperidine rings is 1. The minimum absolute atomic E-state index is 0.0423. The maximum absolute atomic E-state index is 13.4. The zero-order chi connectivity index (χ0) is 23.7. The van der Waals surface area contributed by atoms with E-state index in [1.165, 1.54) is 37.4 Å². The van der Waals surface area contributed by atoms with Gasteiger partial charge in [-0.1, -0.05) is 43.2 Å². The van der Waals surface area contributed by atoms with Crippen LogP contribution in [0.25, 0.3) is 16.8 Å². The Morgan fingerprint density at radius 2 is 1.68 bits per heavy atom. The summed E-state index contributed by atoms with van der Waals surface area (Å²) in [4.78, 5) is 28.0. The van der Waals surface area contributed by atoms with Crippen LogP contribution in [0.1, 0.15) is 65.2 Å². The Balaban J connectivity index is 1.37. The first-order valence-electron chi connectivity index (χ1n) is 12.6. The van der Waals surface area contributed by atoms with E-state index in [9.17, 15) is 9.59 Å². The van der Waals surface area contributed by atoms with Crippen LogP contribution in [-0.2, 0) is 16.1 Å². The first-order chi connectivity index (χ1) is 16.5. The van der Waals surface area contributed by atoms with E-state index in [4.69, 9.17) is 0 Å². The first-order valence-corrected chi connectivity index (χ1v) is 13.6. The number of amides is 2. The fraction of sp³-hybridized carbons (Fsp3) is 0.600. The summed E-state index contributed by atoms with van der Waals surface area (Å²) in [6.45, 7) is 4.51. The topological polar surface area (TPSA) is 84.5 Å². The van der Waals surface area contributed by atoms with Gasteiger partial charge in [0, 0.05) is 18.1 Å². The number of rotatable bonds is 6. The molecule has 0 bridgehead atoms. The Labute approximate surface area is 204 Å². The Hall–Kier alpha value is -2.55. The number of para-hydroxylation sites is 2. The molecule has 1 aliphatic carbocycles. The van der Waals surface area contributed by atoms with Gasteiger partial charge < -0.3 is 10.2 Å². The van der Waals surface area contributed by atoms with E-state index >= 15 is 0 Å². The van der Waals surface area contributed by atoms with Gasteiger partial charge in [0.2, 0.25) is 17.6 Å². The van der Waals surface area contributed by atoms with Gasteiger partial charge in [0.25, 0.3) is 0 Å². The molecule has 1 aliphatic heterocycles. The summed E-state index contributed by atoms with van der Waals surface area (Å²) in [5.41, 5.74) is 1.90. The number of likely N-dealkylation sites (tertiary alicyclic amines) is 1. The zero-order valence-electron chi connectivity index (χ0n) is 20.1. The Morgan fingerprint density at radius 3 is 2.41 bits per heavy atom. The molecule has 34 heavy (non-hydrogen) atoms. The van der Waals surface area contributed by atoms with Crippen molar-refractivity contribution in [2.24, 2.45) is 0 Å². The number of nitrogens with zero attached hydrogens (tertiary/aromatic N) is 5. The molecule has 2 atom stereocenters. The van der Waals surface area contributed by atoms with Crippen LogP contribution in [0.4, 0.5) is 0 Å². The smallest absolute Gasteiger partial charge is 0.243 e. The summed E-state index contributed by atoms with van der Waals surface area (Å²) in [6, 6.07) is 8.80. The van der Waals surface area contributed by atoms with E-state index in [0.29, 0.717) is 22.7 Å². The van der Waals surface area contributed by atoms with E-state index < -0.39 is 0 Å². The third kappa shape index (κ3) is 4.54. The molecule has 1 aromatic carbocycles. The van der Waals surface area contributed by atoms with Crippen molar-refractivity contribution in [3.05, 3.63) is 24.3 Å². The van der Waals surface area contributed by atoms with E-state index in [-0.39, 0.29) is 30.4 Å². The van der Waals surface area contributed by atoms with Gasteiger partial charge in [-0.3, -0.25) is 18.6 Å². The van der Waals surface area contributed by atoms with Crippen molar-refractivity contribution < 1.29 is 9.59 Å². The average Bonchev–Trinajstić information content (AvgIpc) is 3.38. The normalized spacial score (nSPS) is 21.9. The molecule has 182 valence electrons. The zero-order valence-corrected chi connectivity index (χ0v) is 20.9. The summed E-state index contributed by atoms with van der Waals surface area (Å²) in [7, 11) is 0. The molecular formula is C25H34N6O2S. The van der Waals surface area contributed by atoms with Crippen LogP contribution in [0.5, 0.6) is 0 Å². The molecular weight excluding hydrogens is 448 g/mol. The molecule has 0 radical (unpaired) electrons. The minimum Gasteiger partial charge on any atom is -0.353 e. The number of carbonyl (C=O) groups is 2. The fourth-order valence-corrected chi connectivity index (χ4v) is 6.41. The molecule has 0 unspecified atom stereocenters. The van der Waals surface area contributed by atoms with E-state index in [1.54, 1.807) is 0 Å². The van der Waals surface area contributed by atoms with E-state index in [0.717, 1.165) is 36.7 Å². The quantitative estimate of drug-likeness (QED) is 0.537. The van der Waals surface area contributed by atoms with Crippen LogP contribution in [0.3, 0.4) is 0 Å². The summed E-state index contributed by atoms with van der Waals surface area (Å²) in [6.07, 6.45) is 9.05. The van der Waals surface area contributed by atoms with Gasteiger partial charge in [-0.25, -0.2) is 0 Å². The molecule has 3 aromatic rings. The lowest BCUT2D eigenvalue weighted by molar-refractivity contribution is -0.137. The third-order valence-electron chi connectivity index (χ3n) is 7.35. The molecule has 8 nitrogen and oxygen atoms in total. The van der Waals surface area contributed by atoms with Crippen LogP contribution in [-0.4, -0.2) is 59.8 Å². The second-order valence-corrected chi connectivity index (χ2v) is 10.8. The molecule has 0 spiro atoms. The molecule has 2 aliphatic rings. The van der Waals surface area contributed by atoms with Crippen molar-refractivity contribution in [1.82, 2.24) is 29.4 Å². The lowest BCUT2D eigenvalue weighted by atomic mass is 9.95. The number of hydrogen-bond acceptors (Lipinski definition) is 5. The van der Waals surface area contributed by atoms with Gasteiger partial charge in [-0.15, -0.1) is 10.2 Å². The SMILES string of the molecule is C[C@H]1CCC[C@H](C)N1C(=O)Cn1c2ccccc2n2c(SCC(=O)NC3CCCCC3)nnc12. The van der Waals surface area contributed by atoms with Crippen LogP contribution in [0.15, 0.2) is 29.4 Å². The number of hydrogen-bond donors (Lipinski definition) is 1. The number of carbonyl (C=O) groups excluding carboxylic acids is 2. The van der Waals surface area contributed by atoms with E-state index in [1.807, 2.05) is 38.1 Å². The highest BCUT2D eigenvalue weighted by Crippen LogP contribution is 2.28. The number of imidazole rings is 1. The van der Waals surface area contributed by atoms with Gasteiger partial charge in [0.15, 0.2) is 5.16 Å². The van der Waals surface area contributed by atoms with Gasteiger partial charge in [-0.2, -0.15) is 0 Å². The monoisotopic (exact) mass is 482 g/mol. The first kappa shape index (κ1) is 23.2. The van der Waals surface area contributed by atoms with Crippen molar-refractivity contribution in [1.29, 1.82) is 0 Å². The van der Waals surface area contributed by atoms with Gasteiger partial charge in [-0.05, 0) is 58.1 Å². The van der Waals surface area contributed by atoms with Crippen molar-refractivity contribution in [3.63, 3.8) is 0 Å². The third-order valence-corrected chi connectivity index (χ3v) is 8.28. The van der Waals surface area contributed by atoms with Crippen molar-refractivity contribution >= 4 is 40.4 Å². The van der Waals surface area contributed by atoms with Gasteiger partial charge in [0.05, 0.1) is 16.8 Å². The highest BCUT2D eigenvalue weighted by Gasteiger charge is 2.30. The maximum atomic E-state index is 13.4. The maximum Gasteiger partial charge on any atom is 0.243 e. The molecule has 2 amide bonds. The van der Waals surface area contributed by atoms with E-state index in [2.05, 4.69) is 29.4 Å². The van der Waals surface area contributed by atoms with Gasteiger partial charge in [0.1, 0.15) is 6.54 Å². The average molecular weight is 483 g/mol. The van der Waals surface area contributed by atoms with Crippen molar-refractivity contribution in [2.45, 2.75) is 95.0 Å². The molecule has 9 heteroatoms. The van der Waals surface area contributed by atoms with Crippen LogP contribution in [0, 0.1) is 0 Å². The number of thioether (sulfide) groups is 1. The summed E-state index contributed by atoms with van der Waals surface area (Å²) >= 11 is 1.40. The van der Waals surface area contributed by atoms with Crippen LogP contribution >= 0.6 is 11.8 Å². The molecule has 1 N–H and O–H groups in total. The predicted octanol–water partition coefficient (Wildman–Crippen LogP) is 4.01. The fourth-order valence-electron chi connectivity index (χ4n) is 5.66. The highest BCUT2D eigenvalue weighted by molar-refractivity contribution is 7.99. The minimum atomic E-state index is 0.0423. The molecule has 1 saturated heterocycles. The summed E-state index contributed by atoms with van der Waals surface area (Å²) in [5.74, 6) is 1.10. The van der Waals surface area contributed by atoms with Crippen LogP contribution in [0.2, 0.25) is 0 Å². The lowest BCUT2D eigenvalue weighted by Crippen LogP contribution is -2.48. The van der Waals surface area contributed by atoms with Gasteiger partial charge >= 0.3 is 0 Å². The Morgan fingerprint density at radius 1 is 0.971 bits per heavy atom. The molecule has 2 aromatic heterocycles. The predicted molar refractivity (Wildman–Crippen MR) is 134 cm³/mol. The Kier molecular flexibility index (Phi) is 6.81. The molecule has 2 fully saturated rings. The number of fused-ring (bicyclic) bond motifs is 3. The van der Waals surface area contributed by atoms with Crippen LogP contribution < -0.4 is 5.32 Å². The second-order valence-electron chi connectivity index (χ2n) is 9.81. The molecule has 3 heterocycles. The van der Waals surface area contributed by atoms with Crippen molar-refractivity contribution in [2.75, 3.05) is 5.75 Å². The largest absolute Gasteiger partial charge is 0.353 e. The second kappa shape index (κ2) is 9.98. The molecule has 1 saturated carbocycles. The summed E-state index contributed by atoms with van der Waals surface area (Å²) in [5, 5.41) is 12.7. The number of aromatic nitrogens is 4. The number of nitrogens with one attached hydrogen (secondary N) is 1. The summed E-state index contributed by atoms with van der Waals surface area (Å²) < 4.78 is 3.94.